The second-order valence-corrected chi connectivity index (χ2v) is 8.28. The summed E-state index contributed by atoms with van der Waals surface area (Å²) >= 11 is 0. The average molecular weight is 515 g/mol. The summed E-state index contributed by atoms with van der Waals surface area (Å²) in [5.74, 6) is 1.22. The van der Waals surface area contributed by atoms with E-state index in [0.717, 1.165) is 54.5 Å². The highest BCUT2D eigenvalue weighted by atomic mass is 16.5. The Labute approximate surface area is 224 Å². The number of furan rings is 1. The van der Waals surface area contributed by atoms with E-state index in [-0.39, 0.29) is 6.10 Å². The lowest BCUT2D eigenvalue weighted by Gasteiger charge is -2.23. The summed E-state index contributed by atoms with van der Waals surface area (Å²) in [7, 11) is 1.68. The molecule has 7 nitrogen and oxygen atoms in total. The first-order valence-electron chi connectivity index (χ1n) is 12.9. The molecule has 2 aromatic carbocycles. The monoisotopic (exact) mass is 514 g/mol. The maximum Gasteiger partial charge on any atom is 0.161 e. The van der Waals surface area contributed by atoms with Crippen LogP contribution in [0.25, 0.3) is 33.6 Å². The summed E-state index contributed by atoms with van der Waals surface area (Å²) in [6.45, 7) is 8.08. The Hall–Kier alpha value is -3.99. The van der Waals surface area contributed by atoms with Crippen LogP contribution in [-0.2, 0) is 9.47 Å². The Morgan fingerprint density at radius 2 is 1.84 bits per heavy atom. The molecule has 0 radical (unpaired) electrons. The summed E-state index contributed by atoms with van der Waals surface area (Å²) in [5, 5.41) is 9.71. The van der Waals surface area contributed by atoms with Crippen molar-refractivity contribution in [2.24, 2.45) is 0 Å². The first kappa shape index (κ1) is 28.6. The van der Waals surface area contributed by atoms with Crippen molar-refractivity contribution < 1.29 is 23.4 Å². The molecule has 5 rings (SSSR count). The van der Waals surface area contributed by atoms with Gasteiger partial charge in [-0.1, -0.05) is 44.2 Å². The second-order valence-electron chi connectivity index (χ2n) is 8.28. The predicted octanol–water partition coefficient (Wildman–Crippen LogP) is 7.08. The zero-order valence-electron chi connectivity index (χ0n) is 22.4. The van der Waals surface area contributed by atoms with Gasteiger partial charge in [-0.05, 0) is 43.5 Å². The Morgan fingerprint density at radius 1 is 1.11 bits per heavy atom. The molecule has 4 aromatic rings. The Balaban J connectivity index is 0.000000612. The van der Waals surface area contributed by atoms with Gasteiger partial charge in [0.25, 0.3) is 0 Å². The van der Waals surface area contributed by atoms with E-state index in [9.17, 15) is 10.1 Å². The van der Waals surface area contributed by atoms with Gasteiger partial charge in [0.1, 0.15) is 35.5 Å². The van der Waals surface area contributed by atoms with E-state index in [1.165, 1.54) is 0 Å². The molecule has 1 fully saturated rings. The number of nitriles is 1. The summed E-state index contributed by atoms with van der Waals surface area (Å²) in [6, 6.07) is 18.7. The van der Waals surface area contributed by atoms with Crippen molar-refractivity contribution in [3.63, 3.8) is 0 Å². The van der Waals surface area contributed by atoms with Crippen LogP contribution in [-0.4, -0.2) is 44.3 Å². The van der Waals surface area contributed by atoms with Gasteiger partial charge >= 0.3 is 0 Å². The summed E-state index contributed by atoms with van der Waals surface area (Å²) in [6.07, 6.45) is 4.37. The molecule has 3 heterocycles. The maximum atomic E-state index is 10.9. The maximum absolute atomic E-state index is 10.9. The molecule has 2 aromatic heterocycles. The fraction of sp³-hybridized carbons (Fsp3) is 0.323. The molecule has 1 saturated heterocycles. The number of methoxy groups -OCH3 is 1. The van der Waals surface area contributed by atoms with E-state index >= 15 is 0 Å². The smallest absolute Gasteiger partial charge is 0.161 e. The van der Waals surface area contributed by atoms with Crippen LogP contribution in [0.15, 0.2) is 65.2 Å². The third-order valence-electron chi connectivity index (χ3n) is 5.86. The lowest BCUT2D eigenvalue weighted by atomic mass is 10.0. The minimum atomic E-state index is -0.0347. The number of carbonyl (C=O) groups is 1. The fourth-order valence-electron chi connectivity index (χ4n) is 3.90. The van der Waals surface area contributed by atoms with Gasteiger partial charge in [0.05, 0.1) is 12.2 Å². The second kappa shape index (κ2) is 14.7. The first-order valence-corrected chi connectivity index (χ1v) is 12.9. The van der Waals surface area contributed by atoms with E-state index in [2.05, 4.69) is 15.8 Å². The number of fused-ring (bicyclic) bond motifs is 1. The van der Waals surface area contributed by atoms with Crippen LogP contribution in [0.2, 0.25) is 0 Å². The van der Waals surface area contributed by atoms with Crippen LogP contribution in [0, 0.1) is 11.3 Å². The number of hydrogen-bond acceptors (Lipinski definition) is 7. The third-order valence-corrected chi connectivity index (χ3v) is 5.86. The molecule has 0 spiro atoms. The van der Waals surface area contributed by atoms with E-state index in [0.29, 0.717) is 34.8 Å². The highest BCUT2D eigenvalue weighted by molar-refractivity contribution is 5.93. The standard InChI is InChI=1S/C26H20N2O4.C3H8O.C2H6/c27-14-20-12-19(7-8-24(20)31-21-2-1-11-30-16-21)22-9-10-28-23-13-25(32-26(22)23)18-5-3-17(15-29)4-6-18;1-3-4-2;1-2/h3-10,12-13,15,21H,1-2,11,16H2;3H2,1-2H3;1-2H3. The molecule has 38 heavy (non-hydrogen) atoms. The van der Waals surface area contributed by atoms with Gasteiger partial charge in [0.2, 0.25) is 0 Å². The predicted molar refractivity (Wildman–Crippen MR) is 148 cm³/mol. The van der Waals surface area contributed by atoms with Gasteiger partial charge in [-0.2, -0.15) is 5.26 Å². The van der Waals surface area contributed by atoms with Crippen LogP contribution < -0.4 is 4.74 Å². The summed E-state index contributed by atoms with van der Waals surface area (Å²) in [5.41, 5.74) is 4.98. The molecule has 0 saturated carbocycles. The average Bonchev–Trinajstić information content (AvgIpc) is 3.44. The minimum Gasteiger partial charge on any atom is -0.487 e. The van der Waals surface area contributed by atoms with Crippen LogP contribution in [0.1, 0.15) is 49.5 Å². The van der Waals surface area contributed by atoms with Crippen molar-refractivity contribution >= 4 is 17.4 Å². The number of rotatable bonds is 6. The number of aldehydes is 1. The quantitative estimate of drug-likeness (QED) is 0.254. The number of aromatic nitrogens is 1. The molecule has 1 unspecified atom stereocenters. The molecule has 198 valence electrons. The molecule has 1 aliphatic rings. The fourth-order valence-corrected chi connectivity index (χ4v) is 3.90. The van der Waals surface area contributed by atoms with E-state index < -0.39 is 0 Å². The van der Waals surface area contributed by atoms with Gasteiger partial charge < -0.3 is 18.6 Å². The molecule has 7 heteroatoms. The summed E-state index contributed by atoms with van der Waals surface area (Å²) in [4.78, 5) is 15.3. The molecular formula is C31H34N2O5. The normalized spacial score (nSPS) is 14.3. The number of nitrogens with zero attached hydrogens (tertiary/aromatic N) is 2. The minimum absolute atomic E-state index is 0.0347. The van der Waals surface area contributed by atoms with Crippen LogP contribution in [0.4, 0.5) is 0 Å². The van der Waals surface area contributed by atoms with Crippen LogP contribution in [0.5, 0.6) is 5.75 Å². The van der Waals surface area contributed by atoms with Gasteiger partial charge in [0.15, 0.2) is 5.58 Å². The lowest BCUT2D eigenvalue weighted by molar-refractivity contribution is 0.00732. The lowest BCUT2D eigenvalue weighted by Crippen LogP contribution is -2.28. The zero-order chi connectivity index (χ0) is 27.3. The zero-order valence-corrected chi connectivity index (χ0v) is 22.4. The van der Waals surface area contributed by atoms with Crippen LogP contribution in [0.3, 0.4) is 0 Å². The first-order chi connectivity index (χ1) is 18.7. The highest BCUT2D eigenvalue weighted by Crippen LogP contribution is 2.35. The van der Waals surface area contributed by atoms with Crippen molar-refractivity contribution in [1.29, 1.82) is 5.26 Å². The topological polar surface area (TPSA) is 94.6 Å². The van der Waals surface area contributed by atoms with Crippen molar-refractivity contribution in [3.05, 3.63) is 71.9 Å². The van der Waals surface area contributed by atoms with Gasteiger partial charge in [-0.15, -0.1) is 0 Å². The van der Waals surface area contributed by atoms with E-state index in [1.807, 2.05) is 63.2 Å². The Kier molecular flexibility index (Phi) is 11.0. The molecule has 1 atom stereocenters. The molecular weight excluding hydrogens is 480 g/mol. The van der Waals surface area contributed by atoms with E-state index in [1.54, 1.807) is 25.4 Å². The van der Waals surface area contributed by atoms with Gasteiger partial charge in [-0.3, -0.25) is 9.78 Å². The number of benzene rings is 2. The van der Waals surface area contributed by atoms with E-state index in [4.69, 9.17) is 13.9 Å². The number of ether oxygens (including phenoxy) is 3. The third kappa shape index (κ3) is 7.06. The van der Waals surface area contributed by atoms with Crippen LogP contribution >= 0.6 is 0 Å². The van der Waals surface area contributed by atoms with Crippen molar-refractivity contribution in [3.8, 4) is 34.3 Å². The molecule has 0 amide bonds. The number of pyridine rings is 1. The van der Waals surface area contributed by atoms with Gasteiger partial charge in [0, 0.05) is 49.3 Å². The van der Waals surface area contributed by atoms with Crippen molar-refractivity contribution in [1.82, 2.24) is 4.98 Å². The molecule has 0 N–H and O–H groups in total. The summed E-state index contributed by atoms with van der Waals surface area (Å²) < 4.78 is 22.2. The molecule has 0 bridgehead atoms. The van der Waals surface area contributed by atoms with Crippen molar-refractivity contribution in [2.45, 2.75) is 39.7 Å². The Bertz CT molecular complexity index is 1350. The number of hydrogen-bond donors (Lipinski definition) is 0. The highest BCUT2D eigenvalue weighted by Gasteiger charge is 2.18. The largest absolute Gasteiger partial charge is 0.487 e. The SMILES string of the molecule is CC.CCOC.N#Cc1cc(-c2ccnc3cc(-c4ccc(C=O)cc4)oc23)ccc1OC1CCCOC1. The number of carbonyl (C=O) groups excluding carboxylic acids is 1. The van der Waals surface area contributed by atoms with Gasteiger partial charge in [-0.25, -0.2) is 0 Å². The van der Waals surface area contributed by atoms with Crippen molar-refractivity contribution in [2.75, 3.05) is 26.9 Å². The molecule has 0 aliphatic carbocycles. The molecule has 1 aliphatic heterocycles. The Morgan fingerprint density at radius 3 is 2.47 bits per heavy atom.